The first kappa shape index (κ1) is 22.4. The second-order valence-corrected chi connectivity index (χ2v) is 8.67. The summed E-state index contributed by atoms with van der Waals surface area (Å²) in [6, 6.07) is 12.2. The van der Waals surface area contributed by atoms with Crippen molar-refractivity contribution in [2.75, 3.05) is 25.0 Å². The topological polar surface area (TPSA) is 69.5 Å². The minimum absolute atomic E-state index is 0.0601. The first-order valence-electron chi connectivity index (χ1n) is 10.8. The Hall–Kier alpha value is -3.75. The van der Waals surface area contributed by atoms with Crippen molar-refractivity contribution in [2.45, 2.75) is 25.9 Å². The Morgan fingerprint density at radius 2 is 2.03 bits per heavy atom. The Morgan fingerprint density at radius 1 is 1.30 bits per heavy atom. The average Bonchev–Trinajstić information content (AvgIpc) is 2.82. The van der Waals surface area contributed by atoms with Crippen LogP contribution in [0.1, 0.15) is 24.5 Å². The van der Waals surface area contributed by atoms with E-state index < -0.39 is 0 Å². The molecule has 8 heteroatoms. The number of hydrogen-bond acceptors (Lipinski definition) is 5. The van der Waals surface area contributed by atoms with Crippen LogP contribution in [0.25, 0.3) is 15.9 Å². The molecular formula is C25H25FN6O. The molecule has 0 amide bonds. The van der Waals surface area contributed by atoms with E-state index in [0.29, 0.717) is 42.4 Å². The van der Waals surface area contributed by atoms with Gasteiger partial charge in [0.2, 0.25) is 5.52 Å². The SMILES string of the molecule is [C-]#[N+]c1ccc2c(n1)c(N1CCC(N(C)Cc3ccc(F)cc3)C(C)C1)c(C#N)c(=O)n2C. The minimum Gasteiger partial charge on any atom is -0.366 e. The highest BCUT2D eigenvalue weighted by molar-refractivity contribution is 5.92. The van der Waals surface area contributed by atoms with E-state index in [1.807, 2.05) is 0 Å². The number of pyridine rings is 2. The van der Waals surface area contributed by atoms with Crippen LogP contribution in [-0.4, -0.2) is 40.6 Å². The molecule has 7 nitrogen and oxygen atoms in total. The number of rotatable bonds is 4. The van der Waals surface area contributed by atoms with Gasteiger partial charge in [-0.25, -0.2) is 4.39 Å². The van der Waals surface area contributed by atoms with E-state index in [4.69, 9.17) is 6.57 Å². The molecule has 0 bridgehead atoms. The molecule has 1 fully saturated rings. The predicted octanol–water partition coefficient (Wildman–Crippen LogP) is 3.84. The molecule has 4 rings (SSSR count). The summed E-state index contributed by atoms with van der Waals surface area (Å²) < 4.78 is 14.7. The van der Waals surface area contributed by atoms with E-state index in [2.05, 4.69) is 39.7 Å². The van der Waals surface area contributed by atoms with Crippen LogP contribution in [0.5, 0.6) is 0 Å². The van der Waals surface area contributed by atoms with E-state index in [0.717, 1.165) is 12.0 Å². The van der Waals surface area contributed by atoms with Crippen molar-refractivity contribution in [3.8, 4) is 6.07 Å². The fourth-order valence-corrected chi connectivity index (χ4v) is 4.84. The molecule has 0 spiro atoms. The van der Waals surface area contributed by atoms with Crippen molar-refractivity contribution in [2.24, 2.45) is 13.0 Å². The molecule has 33 heavy (non-hydrogen) atoms. The first-order chi connectivity index (χ1) is 15.8. The van der Waals surface area contributed by atoms with Crippen LogP contribution in [0, 0.1) is 29.6 Å². The van der Waals surface area contributed by atoms with Gasteiger partial charge >= 0.3 is 0 Å². The summed E-state index contributed by atoms with van der Waals surface area (Å²) in [6.45, 7) is 11.5. The van der Waals surface area contributed by atoms with Crippen LogP contribution >= 0.6 is 0 Å². The zero-order chi connectivity index (χ0) is 23.7. The summed E-state index contributed by atoms with van der Waals surface area (Å²) in [5.41, 5.74) is 2.38. The van der Waals surface area contributed by atoms with Gasteiger partial charge in [-0.05, 0) is 49.2 Å². The van der Waals surface area contributed by atoms with Gasteiger partial charge in [-0.1, -0.05) is 25.6 Å². The zero-order valence-electron chi connectivity index (χ0n) is 18.9. The van der Waals surface area contributed by atoms with Gasteiger partial charge in [0.1, 0.15) is 23.1 Å². The van der Waals surface area contributed by atoms with Crippen molar-refractivity contribution < 1.29 is 4.39 Å². The van der Waals surface area contributed by atoms with Crippen molar-refractivity contribution in [3.05, 3.63) is 75.1 Å². The fourth-order valence-electron chi connectivity index (χ4n) is 4.84. The van der Waals surface area contributed by atoms with Crippen LogP contribution < -0.4 is 10.5 Å². The molecule has 2 unspecified atom stereocenters. The maximum Gasteiger partial charge on any atom is 0.271 e. The second kappa shape index (κ2) is 9.01. The molecule has 3 aromatic rings. The van der Waals surface area contributed by atoms with Crippen molar-refractivity contribution in [1.29, 1.82) is 5.26 Å². The maximum atomic E-state index is 13.2. The summed E-state index contributed by atoms with van der Waals surface area (Å²) in [4.78, 5) is 25.1. The number of nitrogens with zero attached hydrogens (tertiary/aromatic N) is 6. The number of hydrogen-bond donors (Lipinski definition) is 0. The molecule has 0 radical (unpaired) electrons. The zero-order valence-corrected chi connectivity index (χ0v) is 18.9. The monoisotopic (exact) mass is 444 g/mol. The molecule has 168 valence electrons. The van der Waals surface area contributed by atoms with E-state index in [-0.39, 0.29) is 28.7 Å². The molecule has 1 aromatic carbocycles. The van der Waals surface area contributed by atoms with Crippen LogP contribution in [0.15, 0.2) is 41.2 Å². The smallest absolute Gasteiger partial charge is 0.271 e. The van der Waals surface area contributed by atoms with Gasteiger partial charge in [-0.15, -0.1) is 4.98 Å². The molecule has 0 aliphatic carbocycles. The largest absolute Gasteiger partial charge is 0.366 e. The normalized spacial score (nSPS) is 18.3. The highest BCUT2D eigenvalue weighted by Crippen LogP contribution is 2.33. The number of fused-ring (bicyclic) bond motifs is 1. The van der Waals surface area contributed by atoms with E-state index in [1.165, 1.54) is 16.7 Å². The quantitative estimate of drug-likeness (QED) is 0.572. The van der Waals surface area contributed by atoms with Gasteiger partial charge in [0.25, 0.3) is 11.4 Å². The molecule has 2 aromatic heterocycles. The Morgan fingerprint density at radius 3 is 2.67 bits per heavy atom. The molecule has 1 aliphatic heterocycles. The van der Waals surface area contributed by atoms with Crippen LogP contribution in [-0.2, 0) is 13.6 Å². The number of aromatic nitrogens is 2. The number of piperidine rings is 1. The van der Waals surface area contributed by atoms with Gasteiger partial charge in [0.05, 0.1) is 5.52 Å². The van der Waals surface area contributed by atoms with Crippen molar-refractivity contribution >= 4 is 22.5 Å². The van der Waals surface area contributed by atoms with Gasteiger partial charge in [0, 0.05) is 32.7 Å². The first-order valence-corrected chi connectivity index (χ1v) is 10.8. The van der Waals surface area contributed by atoms with E-state index >= 15 is 0 Å². The molecule has 1 saturated heterocycles. The molecular weight excluding hydrogens is 419 g/mol. The van der Waals surface area contributed by atoms with Crippen LogP contribution in [0.3, 0.4) is 0 Å². The predicted molar refractivity (Wildman–Crippen MR) is 126 cm³/mol. The third-order valence-corrected chi connectivity index (χ3v) is 6.51. The Bertz CT molecular complexity index is 1330. The third kappa shape index (κ3) is 4.18. The van der Waals surface area contributed by atoms with Gasteiger partial charge in [-0.2, -0.15) is 5.26 Å². The lowest BCUT2D eigenvalue weighted by Crippen LogP contribution is -2.49. The lowest BCUT2D eigenvalue weighted by atomic mass is 9.91. The van der Waals surface area contributed by atoms with E-state index in [9.17, 15) is 14.4 Å². The van der Waals surface area contributed by atoms with Gasteiger partial charge in [-0.3, -0.25) is 9.69 Å². The number of nitriles is 1. The highest BCUT2D eigenvalue weighted by Gasteiger charge is 2.33. The van der Waals surface area contributed by atoms with Crippen molar-refractivity contribution in [1.82, 2.24) is 14.5 Å². The van der Waals surface area contributed by atoms with Gasteiger partial charge < -0.3 is 14.3 Å². The highest BCUT2D eigenvalue weighted by atomic mass is 19.1. The number of anilines is 1. The van der Waals surface area contributed by atoms with Crippen molar-refractivity contribution in [3.63, 3.8) is 0 Å². The number of halogens is 1. The van der Waals surface area contributed by atoms with Crippen LogP contribution in [0.2, 0.25) is 0 Å². The summed E-state index contributed by atoms with van der Waals surface area (Å²) in [6.07, 6.45) is 0.836. The molecule has 0 saturated carbocycles. The minimum atomic E-state index is -0.361. The molecule has 0 N–H and O–H groups in total. The lowest BCUT2D eigenvalue weighted by molar-refractivity contribution is 0.152. The number of benzene rings is 1. The summed E-state index contributed by atoms with van der Waals surface area (Å²) in [5.74, 6) is 0.236. The maximum absolute atomic E-state index is 13.2. The molecule has 2 atom stereocenters. The summed E-state index contributed by atoms with van der Waals surface area (Å²) in [7, 11) is 3.69. The molecule has 1 aliphatic rings. The Kier molecular flexibility index (Phi) is 6.13. The second-order valence-electron chi connectivity index (χ2n) is 8.67. The fraction of sp³-hybridized carbons (Fsp3) is 0.360. The summed E-state index contributed by atoms with van der Waals surface area (Å²) in [5, 5.41) is 9.82. The van der Waals surface area contributed by atoms with Crippen LogP contribution in [0.4, 0.5) is 15.9 Å². The van der Waals surface area contributed by atoms with Gasteiger partial charge in [0.15, 0.2) is 0 Å². The van der Waals surface area contributed by atoms with E-state index in [1.54, 1.807) is 31.3 Å². The Labute approximate surface area is 192 Å². The molecule has 3 heterocycles. The Balaban J connectivity index is 1.65. The third-order valence-electron chi connectivity index (χ3n) is 6.51. The average molecular weight is 445 g/mol. The lowest BCUT2D eigenvalue weighted by Gasteiger charge is -2.42. The summed E-state index contributed by atoms with van der Waals surface area (Å²) >= 11 is 0. The standard InChI is InChI=1S/C25H25FN6O/c1-16-14-32(12-11-20(16)30(3)15-17-5-7-18(26)8-6-17)24-19(13-27)25(33)31(4)21-9-10-22(28-2)29-23(21)24/h5-10,16,20H,11-12,14-15H2,1,3-4H3. The number of aryl methyl sites for hydroxylation is 1.